The van der Waals surface area contributed by atoms with Gasteiger partial charge in [0.2, 0.25) is 5.82 Å². The molecule has 0 bridgehead atoms. The lowest BCUT2D eigenvalue weighted by Crippen LogP contribution is -2.10. The predicted octanol–water partition coefficient (Wildman–Crippen LogP) is 2.90. The van der Waals surface area contributed by atoms with Gasteiger partial charge in [0.15, 0.2) is 0 Å². The fourth-order valence-electron chi connectivity index (χ4n) is 2.18. The second-order valence-electron chi connectivity index (χ2n) is 5.43. The minimum atomic E-state index is -0.313. The minimum Gasteiger partial charge on any atom is -0.462 e. The van der Waals surface area contributed by atoms with Crippen molar-refractivity contribution in [3.63, 3.8) is 0 Å². The molecule has 0 amide bonds. The molecule has 0 aliphatic heterocycles. The number of rotatable bonds is 6. The molecule has 0 atom stereocenters. The molecule has 0 fully saturated rings. The summed E-state index contributed by atoms with van der Waals surface area (Å²) in [7, 11) is 0. The summed E-state index contributed by atoms with van der Waals surface area (Å²) in [6, 6.07) is 17.0. The largest absolute Gasteiger partial charge is 0.462 e. The first-order valence-electron chi connectivity index (χ1n) is 7.79. The van der Waals surface area contributed by atoms with Crippen LogP contribution >= 0.6 is 0 Å². The van der Waals surface area contributed by atoms with E-state index in [1.807, 2.05) is 49.4 Å². The molecule has 1 aromatic heterocycles. The number of hydrogen-bond acceptors (Lipinski definition) is 5. The first-order valence-corrected chi connectivity index (χ1v) is 7.79. The molecule has 0 unspecified atom stereocenters. The first-order chi connectivity index (χ1) is 11.7. The lowest BCUT2D eigenvalue weighted by Gasteiger charge is -2.04. The van der Waals surface area contributed by atoms with E-state index in [1.54, 1.807) is 12.1 Å². The van der Waals surface area contributed by atoms with E-state index >= 15 is 0 Å². The van der Waals surface area contributed by atoms with Crippen molar-refractivity contribution in [1.29, 1.82) is 0 Å². The van der Waals surface area contributed by atoms with Crippen LogP contribution in [0.25, 0.3) is 11.4 Å². The smallest absolute Gasteiger partial charge is 0.338 e. The van der Waals surface area contributed by atoms with Crippen LogP contribution in [0.4, 0.5) is 0 Å². The van der Waals surface area contributed by atoms with E-state index in [9.17, 15) is 4.79 Å². The highest BCUT2D eigenvalue weighted by Gasteiger charge is 2.07. The summed E-state index contributed by atoms with van der Waals surface area (Å²) >= 11 is 0. The molecule has 6 heteroatoms. The maximum absolute atomic E-state index is 11.9. The first kappa shape index (κ1) is 15.9. The summed E-state index contributed by atoms with van der Waals surface area (Å²) in [5.41, 5.74) is 2.60. The third kappa shape index (κ3) is 4.04. The standard InChI is InChI=1S/C18H18N4O2/c1-14-8-10-16(11-9-14)18(23)24-13-5-12-22-20-17(19-21-22)15-6-3-2-4-7-15/h2-4,6-11H,5,12-13H2,1H3. The van der Waals surface area contributed by atoms with E-state index in [1.165, 1.54) is 4.80 Å². The van der Waals surface area contributed by atoms with Gasteiger partial charge in [-0.25, -0.2) is 4.79 Å². The SMILES string of the molecule is Cc1ccc(C(=O)OCCCn2nnc(-c3ccccc3)n2)cc1. The number of ether oxygens (including phenoxy) is 1. The number of carbonyl (C=O) groups is 1. The van der Waals surface area contributed by atoms with Crippen LogP contribution < -0.4 is 0 Å². The number of hydrogen-bond donors (Lipinski definition) is 0. The van der Waals surface area contributed by atoms with Crippen molar-refractivity contribution in [3.8, 4) is 11.4 Å². The van der Waals surface area contributed by atoms with Crippen molar-refractivity contribution >= 4 is 5.97 Å². The van der Waals surface area contributed by atoms with Gasteiger partial charge in [0.25, 0.3) is 0 Å². The van der Waals surface area contributed by atoms with Crippen molar-refractivity contribution in [2.24, 2.45) is 0 Å². The molecule has 1 heterocycles. The van der Waals surface area contributed by atoms with Gasteiger partial charge in [-0.15, -0.1) is 10.2 Å². The quantitative estimate of drug-likeness (QED) is 0.515. The van der Waals surface area contributed by atoms with Crippen LogP contribution in [0.2, 0.25) is 0 Å². The highest BCUT2D eigenvalue weighted by atomic mass is 16.5. The lowest BCUT2D eigenvalue weighted by atomic mass is 10.1. The van der Waals surface area contributed by atoms with Gasteiger partial charge in [-0.05, 0) is 24.3 Å². The summed E-state index contributed by atoms with van der Waals surface area (Å²) in [6.45, 7) is 2.83. The van der Waals surface area contributed by atoms with E-state index in [0.29, 0.717) is 31.0 Å². The number of aryl methyl sites for hydroxylation is 2. The minimum absolute atomic E-state index is 0.313. The van der Waals surface area contributed by atoms with Crippen LogP contribution in [-0.2, 0) is 11.3 Å². The average Bonchev–Trinajstić information content (AvgIpc) is 3.09. The van der Waals surface area contributed by atoms with Gasteiger partial charge in [0.1, 0.15) is 0 Å². The Morgan fingerprint density at radius 3 is 2.58 bits per heavy atom. The molecule has 0 saturated heterocycles. The van der Waals surface area contributed by atoms with Crippen LogP contribution in [0.3, 0.4) is 0 Å². The van der Waals surface area contributed by atoms with Crippen LogP contribution in [-0.4, -0.2) is 32.8 Å². The van der Waals surface area contributed by atoms with Crippen LogP contribution in [0, 0.1) is 6.92 Å². The molecule has 0 aliphatic carbocycles. The van der Waals surface area contributed by atoms with Crippen LogP contribution in [0.15, 0.2) is 54.6 Å². The topological polar surface area (TPSA) is 69.9 Å². The number of aromatic nitrogens is 4. The predicted molar refractivity (Wildman–Crippen MR) is 89.3 cm³/mol. The lowest BCUT2D eigenvalue weighted by molar-refractivity contribution is 0.0493. The van der Waals surface area contributed by atoms with E-state index < -0.39 is 0 Å². The second kappa shape index (κ2) is 7.50. The summed E-state index contributed by atoms with van der Waals surface area (Å²) in [4.78, 5) is 13.4. The summed E-state index contributed by atoms with van der Waals surface area (Å²) in [6.07, 6.45) is 0.627. The zero-order chi connectivity index (χ0) is 16.8. The van der Waals surface area contributed by atoms with Gasteiger partial charge < -0.3 is 4.74 Å². The molecule has 3 rings (SSSR count). The Labute approximate surface area is 140 Å². The zero-order valence-electron chi connectivity index (χ0n) is 13.4. The number of nitrogens with zero attached hydrogens (tertiary/aromatic N) is 4. The molecule has 122 valence electrons. The Bertz CT molecular complexity index is 797. The molecule has 0 aliphatic rings. The van der Waals surface area contributed by atoms with Gasteiger partial charge in [0.05, 0.1) is 18.7 Å². The number of tetrazole rings is 1. The fourth-order valence-corrected chi connectivity index (χ4v) is 2.18. The van der Waals surface area contributed by atoms with Crippen molar-refractivity contribution in [2.75, 3.05) is 6.61 Å². The van der Waals surface area contributed by atoms with Gasteiger partial charge in [-0.3, -0.25) is 0 Å². The van der Waals surface area contributed by atoms with Crippen molar-refractivity contribution in [3.05, 3.63) is 65.7 Å². The molecule has 0 spiro atoms. The molecule has 0 radical (unpaired) electrons. The molecular weight excluding hydrogens is 304 g/mol. The molecule has 6 nitrogen and oxygen atoms in total. The summed E-state index contributed by atoms with van der Waals surface area (Å²) < 4.78 is 5.25. The Kier molecular flexibility index (Phi) is 4.96. The molecule has 3 aromatic rings. The van der Waals surface area contributed by atoms with E-state index in [-0.39, 0.29) is 5.97 Å². The summed E-state index contributed by atoms with van der Waals surface area (Å²) in [5.74, 6) is 0.277. The molecular formula is C18H18N4O2. The van der Waals surface area contributed by atoms with Gasteiger partial charge in [-0.1, -0.05) is 48.0 Å². The maximum Gasteiger partial charge on any atom is 0.338 e. The van der Waals surface area contributed by atoms with Crippen LogP contribution in [0.1, 0.15) is 22.3 Å². The Hall–Kier alpha value is -3.02. The highest BCUT2D eigenvalue weighted by Crippen LogP contribution is 2.11. The van der Waals surface area contributed by atoms with Gasteiger partial charge >= 0.3 is 5.97 Å². The highest BCUT2D eigenvalue weighted by molar-refractivity contribution is 5.89. The fraction of sp³-hybridized carbons (Fsp3) is 0.222. The second-order valence-corrected chi connectivity index (χ2v) is 5.43. The molecule has 2 aromatic carbocycles. The Morgan fingerprint density at radius 2 is 1.83 bits per heavy atom. The molecule has 0 N–H and O–H groups in total. The number of benzene rings is 2. The summed E-state index contributed by atoms with van der Waals surface area (Å²) in [5, 5.41) is 12.4. The van der Waals surface area contributed by atoms with E-state index in [0.717, 1.165) is 11.1 Å². The molecule has 0 saturated carbocycles. The van der Waals surface area contributed by atoms with E-state index in [2.05, 4.69) is 15.4 Å². The van der Waals surface area contributed by atoms with Gasteiger partial charge in [-0.2, -0.15) is 4.80 Å². The number of esters is 1. The van der Waals surface area contributed by atoms with Crippen LogP contribution in [0.5, 0.6) is 0 Å². The zero-order valence-corrected chi connectivity index (χ0v) is 13.4. The molecule has 24 heavy (non-hydrogen) atoms. The average molecular weight is 322 g/mol. The Morgan fingerprint density at radius 1 is 1.08 bits per heavy atom. The van der Waals surface area contributed by atoms with E-state index in [4.69, 9.17) is 4.74 Å². The normalized spacial score (nSPS) is 10.5. The van der Waals surface area contributed by atoms with Crippen molar-refractivity contribution < 1.29 is 9.53 Å². The maximum atomic E-state index is 11.9. The monoisotopic (exact) mass is 322 g/mol. The van der Waals surface area contributed by atoms with Crippen molar-refractivity contribution in [2.45, 2.75) is 19.9 Å². The third-order valence-electron chi connectivity index (χ3n) is 3.51. The Balaban J connectivity index is 1.46. The van der Waals surface area contributed by atoms with Gasteiger partial charge in [0, 0.05) is 12.0 Å². The third-order valence-corrected chi connectivity index (χ3v) is 3.51. The number of carbonyl (C=O) groups excluding carboxylic acids is 1. The van der Waals surface area contributed by atoms with Crippen molar-refractivity contribution in [1.82, 2.24) is 20.2 Å².